The maximum absolute atomic E-state index is 5.77. The molecule has 0 spiro atoms. The third-order valence-electron chi connectivity index (χ3n) is 3.72. The van der Waals surface area contributed by atoms with Crippen LogP contribution in [-0.2, 0) is 0 Å². The van der Waals surface area contributed by atoms with Crippen molar-refractivity contribution < 1.29 is 4.42 Å². The molecule has 0 unspecified atom stereocenters. The molecule has 20 heavy (non-hydrogen) atoms. The van der Waals surface area contributed by atoms with Crippen molar-refractivity contribution in [3.63, 3.8) is 0 Å². The molecule has 1 fully saturated rings. The Bertz CT molecular complexity index is 693. The lowest BCUT2D eigenvalue weighted by atomic mass is 10.2. The van der Waals surface area contributed by atoms with Crippen molar-refractivity contribution in [1.29, 1.82) is 0 Å². The van der Waals surface area contributed by atoms with Crippen LogP contribution in [0.3, 0.4) is 0 Å². The summed E-state index contributed by atoms with van der Waals surface area (Å²) in [5.41, 5.74) is 3.91. The average molecular weight is 264 g/mol. The van der Waals surface area contributed by atoms with Crippen LogP contribution in [0.15, 0.2) is 52.9 Å². The number of hydrogen-bond acceptors (Lipinski definition) is 3. The summed E-state index contributed by atoms with van der Waals surface area (Å²) < 4.78 is 5.77. The molecule has 3 aromatic rings. The van der Waals surface area contributed by atoms with Crippen molar-refractivity contribution in [2.24, 2.45) is 5.92 Å². The number of anilines is 1. The van der Waals surface area contributed by atoms with Gasteiger partial charge in [-0.05, 0) is 55.2 Å². The van der Waals surface area contributed by atoms with E-state index in [9.17, 15) is 0 Å². The molecule has 0 atom stereocenters. The molecule has 0 saturated heterocycles. The highest BCUT2D eigenvalue weighted by atomic mass is 16.3. The van der Waals surface area contributed by atoms with Crippen LogP contribution >= 0.6 is 0 Å². The summed E-state index contributed by atoms with van der Waals surface area (Å²) in [5.74, 6) is 1.56. The lowest BCUT2D eigenvalue weighted by molar-refractivity contribution is 0.620. The van der Waals surface area contributed by atoms with Crippen LogP contribution in [0.1, 0.15) is 12.8 Å². The van der Waals surface area contributed by atoms with Gasteiger partial charge in [0, 0.05) is 17.8 Å². The molecule has 3 heteroatoms. The van der Waals surface area contributed by atoms with E-state index in [4.69, 9.17) is 4.42 Å². The summed E-state index contributed by atoms with van der Waals surface area (Å²) >= 11 is 0. The molecule has 1 aromatic heterocycles. The van der Waals surface area contributed by atoms with Gasteiger partial charge < -0.3 is 9.73 Å². The highest BCUT2D eigenvalue weighted by Crippen LogP contribution is 2.29. The van der Waals surface area contributed by atoms with E-state index in [2.05, 4.69) is 34.6 Å². The second-order valence-corrected chi connectivity index (χ2v) is 5.39. The zero-order valence-electron chi connectivity index (χ0n) is 11.2. The summed E-state index contributed by atoms with van der Waals surface area (Å²) in [4.78, 5) is 4.51. The van der Waals surface area contributed by atoms with Crippen LogP contribution in [0.4, 0.5) is 5.69 Å². The Kier molecular flexibility index (Phi) is 2.69. The predicted molar refractivity (Wildman–Crippen MR) is 80.7 cm³/mol. The molecule has 0 radical (unpaired) electrons. The van der Waals surface area contributed by atoms with Crippen molar-refractivity contribution in [2.75, 3.05) is 11.9 Å². The first kappa shape index (κ1) is 11.5. The molecule has 1 saturated carbocycles. The van der Waals surface area contributed by atoms with Gasteiger partial charge in [0.05, 0.1) is 0 Å². The Balaban J connectivity index is 1.57. The Hall–Kier alpha value is -2.29. The van der Waals surface area contributed by atoms with Gasteiger partial charge in [0.15, 0.2) is 5.58 Å². The quantitative estimate of drug-likeness (QED) is 0.762. The average Bonchev–Trinajstić information content (AvgIpc) is 3.22. The molecule has 3 nitrogen and oxygen atoms in total. The summed E-state index contributed by atoms with van der Waals surface area (Å²) in [6.45, 7) is 1.09. The zero-order valence-corrected chi connectivity index (χ0v) is 11.2. The Morgan fingerprint density at radius 3 is 2.60 bits per heavy atom. The van der Waals surface area contributed by atoms with E-state index in [1.807, 2.05) is 24.3 Å². The molecule has 4 rings (SSSR count). The van der Waals surface area contributed by atoms with Crippen molar-refractivity contribution >= 4 is 16.8 Å². The van der Waals surface area contributed by atoms with Crippen molar-refractivity contribution in [3.05, 3.63) is 48.5 Å². The number of nitrogens with zero attached hydrogens (tertiary/aromatic N) is 1. The van der Waals surface area contributed by atoms with Gasteiger partial charge in [0.1, 0.15) is 5.52 Å². The number of fused-ring (bicyclic) bond motifs is 1. The molecule has 1 aliphatic carbocycles. The first-order valence-corrected chi connectivity index (χ1v) is 7.08. The fourth-order valence-electron chi connectivity index (χ4n) is 2.31. The molecule has 1 aliphatic rings. The van der Waals surface area contributed by atoms with Crippen LogP contribution in [0.2, 0.25) is 0 Å². The van der Waals surface area contributed by atoms with Crippen LogP contribution in [0, 0.1) is 5.92 Å². The third-order valence-corrected chi connectivity index (χ3v) is 3.72. The number of rotatable bonds is 4. The first-order valence-electron chi connectivity index (χ1n) is 7.08. The maximum Gasteiger partial charge on any atom is 0.227 e. The fourth-order valence-corrected chi connectivity index (χ4v) is 2.31. The molecular weight excluding hydrogens is 248 g/mol. The summed E-state index contributed by atoms with van der Waals surface area (Å²) in [6, 6.07) is 16.1. The van der Waals surface area contributed by atoms with Gasteiger partial charge in [-0.25, -0.2) is 4.98 Å². The highest BCUT2D eigenvalue weighted by Gasteiger charge is 2.20. The molecule has 0 aliphatic heterocycles. The predicted octanol–water partition coefficient (Wildman–Crippen LogP) is 4.32. The zero-order chi connectivity index (χ0) is 13.4. The topological polar surface area (TPSA) is 38.1 Å². The molecule has 0 bridgehead atoms. The smallest absolute Gasteiger partial charge is 0.227 e. The van der Waals surface area contributed by atoms with E-state index in [0.29, 0.717) is 5.89 Å². The van der Waals surface area contributed by atoms with E-state index >= 15 is 0 Å². The largest absolute Gasteiger partial charge is 0.436 e. The Morgan fingerprint density at radius 1 is 1.05 bits per heavy atom. The number of nitrogens with one attached hydrogen (secondary N) is 1. The number of para-hydroxylation sites is 2. The maximum atomic E-state index is 5.77. The summed E-state index contributed by atoms with van der Waals surface area (Å²) in [5, 5.41) is 3.46. The monoisotopic (exact) mass is 264 g/mol. The van der Waals surface area contributed by atoms with Crippen LogP contribution in [0.5, 0.6) is 0 Å². The van der Waals surface area contributed by atoms with Gasteiger partial charge >= 0.3 is 0 Å². The van der Waals surface area contributed by atoms with Gasteiger partial charge in [0.2, 0.25) is 5.89 Å². The van der Waals surface area contributed by atoms with Crippen LogP contribution in [-0.4, -0.2) is 11.5 Å². The van der Waals surface area contributed by atoms with E-state index in [1.165, 1.54) is 12.8 Å². The number of hydrogen-bond donors (Lipinski definition) is 1. The molecule has 100 valence electrons. The molecule has 1 N–H and O–H groups in total. The van der Waals surface area contributed by atoms with E-state index in [-0.39, 0.29) is 0 Å². The van der Waals surface area contributed by atoms with Crippen molar-refractivity contribution in [3.8, 4) is 11.5 Å². The van der Waals surface area contributed by atoms with Crippen LogP contribution in [0.25, 0.3) is 22.6 Å². The van der Waals surface area contributed by atoms with Gasteiger partial charge in [-0.15, -0.1) is 0 Å². The van der Waals surface area contributed by atoms with Crippen molar-refractivity contribution in [1.82, 2.24) is 4.98 Å². The number of oxazole rings is 1. The second-order valence-electron chi connectivity index (χ2n) is 5.39. The van der Waals surface area contributed by atoms with E-state index < -0.39 is 0 Å². The molecular formula is C17H16N2O. The Labute approximate surface area is 117 Å². The first-order chi connectivity index (χ1) is 9.88. The minimum Gasteiger partial charge on any atom is -0.436 e. The lowest BCUT2D eigenvalue weighted by Gasteiger charge is -2.05. The van der Waals surface area contributed by atoms with Crippen molar-refractivity contribution in [2.45, 2.75) is 12.8 Å². The summed E-state index contributed by atoms with van der Waals surface area (Å²) in [6.07, 6.45) is 2.74. The van der Waals surface area contributed by atoms with E-state index in [0.717, 1.165) is 34.8 Å². The standard InChI is InChI=1S/C17H16N2O/c1-2-4-16-15(3-1)19-17(20-16)13-7-9-14(10-8-13)18-11-12-5-6-12/h1-4,7-10,12,18H,5-6,11H2. The molecule has 2 aromatic carbocycles. The van der Waals surface area contributed by atoms with E-state index in [1.54, 1.807) is 0 Å². The number of benzene rings is 2. The second kappa shape index (κ2) is 4.67. The van der Waals surface area contributed by atoms with Crippen LogP contribution < -0.4 is 5.32 Å². The van der Waals surface area contributed by atoms with Gasteiger partial charge in [-0.3, -0.25) is 0 Å². The fraction of sp³-hybridized carbons (Fsp3) is 0.235. The number of aromatic nitrogens is 1. The molecule has 1 heterocycles. The lowest BCUT2D eigenvalue weighted by Crippen LogP contribution is -2.02. The summed E-state index contributed by atoms with van der Waals surface area (Å²) in [7, 11) is 0. The SMILES string of the molecule is c1ccc2oc(-c3ccc(NCC4CC4)cc3)nc2c1. The third kappa shape index (κ3) is 2.27. The molecule has 0 amide bonds. The highest BCUT2D eigenvalue weighted by molar-refractivity contribution is 5.76. The Morgan fingerprint density at radius 2 is 1.85 bits per heavy atom. The van der Waals surface area contributed by atoms with Gasteiger partial charge in [-0.2, -0.15) is 0 Å². The minimum atomic E-state index is 0.681. The van der Waals surface area contributed by atoms with Gasteiger partial charge in [0.25, 0.3) is 0 Å². The van der Waals surface area contributed by atoms with Gasteiger partial charge in [-0.1, -0.05) is 12.1 Å². The normalized spacial score (nSPS) is 14.6. The minimum absolute atomic E-state index is 0.681.